The highest BCUT2D eigenvalue weighted by Gasteiger charge is 2.34. The second kappa shape index (κ2) is 6.42. The van der Waals surface area contributed by atoms with Gasteiger partial charge in [-0.3, -0.25) is 0 Å². The van der Waals surface area contributed by atoms with Gasteiger partial charge in [-0.2, -0.15) is 4.31 Å². The van der Waals surface area contributed by atoms with E-state index in [-0.39, 0.29) is 16.8 Å². The molecule has 1 aromatic rings. The lowest BCUT2D eigenvalue weighted by Gasteiger charge is -2.36. The summed E-state index contributed by atoms with van der Waals surface area (Å²) in [6.07, 6.45) is 1.91. The minimum Gasteiger partial charge on any atom is -0.316 e. The molecule has 0 aliphatic carbocycles. The Morgan fingerprint density at radius 3 is 2.76 bits per heavy atom. The molecule has 2 atom stereocenters. The predicted octanol–water partition coefficient (Wildman–Crippen LogP) is 2.35. The molecule has 1 aromatic carbocycles. The van der Waals surface area contributed by atoms with Crippen LogP contribution in [0.2, 0.25) is 0 Å². The number of halogens is 1. The quantitative estimate of drug-likeness (QED) is 0.928. The highest BCUT2D eigenvalue weighted by atomic mass is 32.2. The summed E-state index contributed by atoms with van der Waals surface area (Å²) < 4.78 is 40.8. The Morgan fingerprint density at radius 2 is 2.10 bits per heavy atom. The summed E-state index contributed by atoms with van der Waals surface area (Å²) in [6.45, 7) is 4.86. The number of piperidine rings is 1. The first kappa shape index (κ1) is 16.4. The van der Waals surface area contributed by atoms with Crippen LogP contribution in [0.25, 0.3) is 0 Å². The maximum atomic E-state index is 13.7. The molecule has 2 unspecified atom stereocenters. The van der Waals surface area contributed by atoms with Crippen molar-refractivity contribution in [3.8, 4) is 0 Å². The number of rotatable bonds is 4. The lowest BCUT2D eigenvalue weighted by Crippen LogP contribution is -2.45. The molecule has 0 saturated carbocycles. The number of hydrogen-bond acceptors (Lipinski definition) is 3. The normalized spacial score (nSPS) is 24.2. The van der Waals surface area contributed by atoms with E-state index in [9.17, 15) is 12.8 Å². The van der Waals surface area contributed by atoms with Crippen LogP contribution in [0.5, 0.6) is 0 Å². The summed E-state index contributed by atoms with van der Waals surface area (Å²) in [5, 5.41) is 2.85. The average molecular weight is 314 g/mol. The highest BCUT2D eigenvalue weighted by Crippen LogP contribution is 2.29. The van der Waals surface area contributed by atoms with Crippen LogP contribution in [0.3, 0.4) is 0 Å². The summed E-state index contributed by atoms with van der Waals surface area (Å²) in [5.41, 5.74) is 0.372. The first-order valence-corrected chi connectivity index (χ1v) is 8.76. The Hall–Kier alpha value is -0.980. The fourth-order valence-electron chi connectivity index (χ4n) is 2.81. The summed E-state index contributed by atoms with van der Waals surface area (Å²) in [4.78, 5) is 0.176. The van der Waals surface area contributed by atoms with E-state index < -0.39 is 10.0 Å². The Balaban J connectivity index is 2.37. The minimum absolute atomic E-state index is 0.0263. The van der Waals surface area contributed by atoms with Gasteiger partial charge in [0, 0.05) is 24.7 Å². The Morgan fingerprint density at radius 1 is 1.38 bits per heavy atom. The number of benzene rings is 1. The monoisotopic (exact) mass is 314 g/mol. The molecule has 1 saturated heterocycles. The van der Waals surface area contributed by atoms with Crippen molar-refractivity contribution in [3.63, 3.8) is 0 Å². The second-order valence-electron chi connectivity index (χ2n) is 5.76. The molecule has 1 heterocycles. The van der Waals surface area contributed by atoms with Crippen LogP contribution in [0.4, 0.5) is 4.39 Å². The van der Waals surface area contributed by atoms with Crippen LogP contribution < -0.4 is 5.32 Å². The first-order valence-electron chi connectivity index (χ1n) is 7.32. The molecule has 0 spiro atoms. The Labute approximate surface area is 126 Å². The van der Waals surface area contributed by atoms with Crippen LogP contribution in [0.15, 0.2) is 23.1 Å². The molecule has 1 aliphatic rings. The van der Waals surface area contributed by atoms with Gasteiger partial charge in [0.1, 0.15) is 5.82 Å². The van der Waals surface area contributed by atoms with E-state index in [0.29, 0.717) is 24.6 Å². The zero-order chi connectivity index (χ0) is 15.6. The molecule has 2 rings (SSSR count). The summed E-state index contributed by atoms with van der Waals surface area (Å²) in [5.74, 6) is -0.0471. The lowest BCUT2D eigenvalue weighted by molar-refractivity contribution is 0.202. The third kappa shape index (κ3) is 3.27. The van der Waals surface area contributed by atoms with Crippen molar-refractivity contribution in [2.75, 3.05) is 13.6 Å². The van der Waals surface area contributed by atoms with E-state index in [0.717, 1.165) is 12.8 Å². The largest absolute Gasteiger partial charge is 0.316 e. The van der Waals surface area contributed by atoms with Gasteiger partial charge in [-0.1, -0.05) is 6.92 Å². The van der Waals surface area contributed by atoms with E-state index in [4.69, 9.17) is 0 Å². The second-order valence-corrected chi connectivity index (χ2v) is 7.65. The zero-order valence-corrected chi connectivity index (χ0v) is 13.6. The van der Waals surface area contributed by atoms with Gasteiger partial charge in [-0.05, 0) is 50.9 Å². The van der Waals surface area contributed by atoms with Crippen LogP contribution in [-0.4, -0.2) is 32.4 Å². The maximum absolute atomic E-state index is 13.7. The fraction of sp³-hybridized carbons (Fsp3) is 0.600. The molecule has 0 amide bonds. The third-order valence-corrected chi connectivity index (χ3v) is 6.29. The van der Waals surface area contributed by atoms with E-state index in [1.807, 2.05) is 6.92 Å². The molecule has 1 aliphatic heterocycles. The van der Waals surface area contributed by atoms with Gasteiger partial charge in [0.15, 0.2) is 0 Å². The maximum Gasteiger partial charge on any atom is 0.243 e. The zero-order valence-electron chi connectivity index (χ0n) is 12.8. The van der Waals surface area contributed by atoms with Gasteiger partial charge in [-0.15, -0.1) is 0 Å². The van der Waals surface area contributed by atoms with Crippen molar-refractivity contribution >= 4 is 10.0 Å². The molecule has 0 bridgehead atoms. The van der Waals surface area contributed by atoms with Crippen molar-refractivity contribution in [1.29, 1.82) is 0 Å². The van der Waals surface area contributed by atoms with Crippen molar-refractivity contribution in [3.05, 3.63) is 29.6 Å². The molecule has 21 heavy (non-hydrogen) atoms. The Bertz CT molecular complexity index is 604. The molecular weight excluding hydrogens is 291 g/mol. The van der Waals surface area contributed by atoms with E-state index >= 15 is 0 Å². The molecule has 0 radical (unpaired) electrons. The van der Waals surface area contributed by atoms with Crippen molar-refractivity contribution in [1.82, 2.24) is 9.62 Å². The van der Waals surface area contributed by atoms with Gasteiger partial charge < -0.3 is 5.32 Å². The molecule has 1 N–H and O–H groups in total. The smallest absolute Gasteiger partial charge is 0.243 e. The van der Waals surface area contributed by atoms with Gasteiger partial charge in [0.25, 0.3) is 0 Å². The van der Waals surface area contributed by atoms with E-state index in [1.54, 1.807) is 11.4 Å². The molecule has 6 heteroatoms. The average Bonchev–Trinajstić information content (AvgIpc) is 2.44. The molecule has 4 nitrogen and oxygen atoms in total. The number of hydrogen-bond donors (Lipinski definition) is 1. The summed E-state index contributed by atoms with van der Waals surface area (Å²) in [6, 6.07) is 4.00. The lowest BCUT2D eigenvalue weighted by atomic mass is 9.94. The minimum atomic E-state index is -3.56. The van der Waals surface area contributed by atoms with Crippen molar-refractivity contribution < 1.29 is 12.8 Å². The first-order chi connectivity index (χ1) is 9.87. The third-order valence-electron chi connectivity index (χ3n) is 4.31. The fourth-order valence-corrected chi connectivity index (χ4v) is 4.63. The standard InChI is InChI=1S/C15H23FN2O2S/c1-11-5-4-8-18(12(11)2)21(19,20)14-6-7-15(16)13(9-14)10-17-3/h6-7,9,11-12,17H,4-5,8,10H2,1-3H3. The van der Waals surface area contributed by atoms with Crippen molar-refractivity contribution in [2.45, 2.75) is 44.2 Å². The molecule has 0 aromatic heterocycles. The molecular formula is C15H23FN2O2S. The van der Waals surface area contributed by atoms with E-state index in [2.05, 4.69) is 12.2 Å². The summed E-state index contributed by atoms with van der Waals surface area (Å²) in [7, 11) is -1.86. The Kier molecular flexibility index (Phi) is 5.01. The van der Waals surface area contributed by atoms with Gasteiger partial charge in [0.05, 0.1) is 4.90 Å². The van der Waals surface area contributed by atoms with Crippen LogP contribution >= 0.6 is 0 Å². The highest BCUT2D eigenvalue weighted by molar-refractivity contribution is 7.89. The molecule has 1 fully saturated rings. The van der Waals surface area contributed by atoms with Crippen LogP contribution in [0.1, 0.15) is 32.3 Å². The van der Waals surface area contributed by atoms with Gasteiger partial charge in [0.2, 0.25) is 10.0 Å². The van der Waals surface area contributed by atoms with Crippen molar-refractivity contribution in [2.24, 2.45) is 5.92 Å². The van der Waals surface area contributed by atoms with Gasteiger partial charge in [-0.25, -0.2) is 12.8 Å². The number of nitrogens with zero attached hydrogens (tertiary/aromatic N) is 1. The molecule has 118 valence electrons. The van der Waals surface area contributed by atoms with Crippen LogP contribution in [0, 0.1) is 11.7 Å². The summed E-state index contributed by atoms with van der Waals surface area (Å²) >= 11 is 0. The number of nitrogens with one attached hydrogen (secondary N) is 1. The van der Waals surface area contributed by atoms with E-state index in [1.165, 1.54) is 18.2 Å². The van der Waals surface area contributed by atoms with Gasteiger partial charge >= 0.3 is 0 Å². The topological polar surface area (TPSA) is 49.4 Å². The van der Waals surface area contributed by atoms with Crippen LogP contribution in [-0.2, 0) is 16.6 Å². The predicted molar refractivity (Wildman–Crippen MR) is 80.9 cm³/mol. The number of sulfonamides is 1. The SMILES string of the molecule is CNCc1cc(S(=O)(=O)N2CCCC(C)C2C)ccc1F.